The number of allylic oxidation sites excluding steroid dienone is 3. The summed E-state index contributed by atoms with van der Waals surface area (Å²) in [6.45, 7) is 0. The minimum absolute atomic E-state index is 0.954. The molecule has 0 unspecified atom stereocenters. The molecular formula is C116H78N4. The first kappa shape index (κ1) is 69.8. The molecule has 23 rings (SSSR count). The third-order valence-electron chi connectivity index (χ3n) is 24.7. The molecule has 0 amide bonds. The molecule has 0 radical (unpaired) electrons. The fourth-order valence-electron chi connectivity index (χ4n) is 18.9. The fraction of sp³-hybridized carbons (Fsp3) is 0.0172. The van der Waals surface area contributed by atoms with Crippen LogP contribution in [0.25, 0.3) is 152 Å². The maximum atomic E-state index is 2.54. The van der Waals surface area contributed by atoms with E-state index in [1.54, 1.807) is 0 Å². The summed E-state index contributed by atoms with van der Waals surface area (Å²) in [6, 6.07) is 161. The number of para-hydroxylation sites is 1. The van der Waals surface area contributed by atoms with Crippen molar-refractivity contribution in [1.29, 1.82) is 0 Å². The summed E-state index contributed by atoms with van der Waals surface area (Å²) in [7, 11) is 0. The van der Waals surface area contributed by atoms with E-state index in [1.807, 2.05) is 0 Å². The molecule has 22 aromatic carbocycles. The Morgan fingerprint density at radius 3 is 0.775 bits per heavy atom. The van der Waals surface area contributed by atoms with Crippen LogP contribution < -0.4 is 19.6 Å². The molecule has 0 aliphatic heterocycles. The van der Waals surface area contributed by atoms with E-state index >= 15 is 0 Å². The van der Waals surface area contributed by atoms with Gasteiger partial charge in [0.25, 0.3) is 0 Å². The first-order valence-electron chi connectivity index (χ1n) is 41.6. The van der Waals surface area contributed by atoms with Crippen LogP contribution in [0.5, 0.6) is 0 Å². The normalized spacial score (nSPS) is 12.3. The number of anilines is 11. The molecule has 22 aromatic rings. The Kier molecular flexibility index (Phi) is 17.0. The summed E-state index contributed by atoms with van der Waals surface area (Å²) in [6.07, 6.45) is 9.04. The van der Waals surface area contributed by atoms with E-state index in [4.69, 9.17) is 0 Å². The Labute approximate surface area is 696 Å². The third-order valence-corrected chi connectivity index (χ3v) is 24.7. The molecule has 4 nitrogen and oxygen atoms in total. The van der Waals surface area contributed by atoms with Gasteiger partial charge in [-0.25, -0.2) is 0 Å². The van der Waals surface area contributed by atoms with Crippen molar-refractivity contribution in [3.8, 4) is 33.4 Å². The van der Waals surface area contributed by atoms with E-state index in [9.17, 15) is 0 Å². The van der Waals surface area contributed by atoms with Gasteiger partial charge in [0, 0.05) is 88.6 Å². The largest absolute Gasteiger partial charge is 0.310 e. The average molecular weight is 1530 g/mol. The van der Waals surface area contributed by atoms with Crippen molar-refractivity contribution >= 4 is 181 Å². The zero-order chi connectivity index (χ0) is 79.1. The number of fused-ring (bicyclic) bond motifs is 11. The van der Waals surface area contributed by atoms with Crippen molar-refractivity contribution in [2.45, 2.75) is 12.8 Å². The van der Waals surface area contributed by atoms with Gasteiger partial charge >= 0.3 is 0 Å². The van der Waals surface area contributed by atoms with Crippen LogP contribution in [0, 0.1) is 0 Å². The van der Waals surface area contributed by atoms with Crippen molar-refractivity contribution < 1.29 is 0 Å². The van der Waals surface area contributed by atoms with Crippen molar-refractivity contribution in [3.63, 3.8) is 0 Å². The topological polar surface area (TPSA) is 13.0 Å². The van der Waals surface area contributed by atoms with Crippen molar-refractivity contribution in [3.05, 3.63) is 455 Å². The Hall–Kier alpha value is -15.6. The molecule has 1 aliphatic rings. The van der Waals surface area contributed by atoms with E-state index in [1.165, 1.54) is 64.6 Å². The predicted molar refractivity (Wildman–Crippen MR) is 514 cm³/mol. The lowest BCUT2D eigenvalue weighted by atomic mass is 9.91. The molecule has 120 heavy (non-hydrogen) atoms. The second-order valence-corrected chi connectivity index (χ2v) is 31.8. The average Bonchev–Trinajstić information content (AvgIpc) is 0.715. The molecule has 562 valence electrons. The Balaban J connectivity index is 0.679. The summed E-state index contributed by atoms with van der Waals surface area (Å²) < 4.78 is 0. The van der Waals surface area contributed by atoms with Crippen LogP contribution in [0.4, 0.5) is 62.6 Å². The second kappa shape index (κ2) is 29.3. The molecule has 0 bridgehead atoms. The standard InChI is InChI=1S/C116H78N4/c1-3-35-97(36-4-1)117(99-59-51-78-24-8-14-30-86(78)69-99)113-105-39-19-21-41-107(105)115(118(98-37-5-2-6-38-98)100-60-52-79-25-9-15-31-87(79)70-100)111-75-95(57-65-109(111)113)84-45-43-83(44-46-84)91-49-50-94-74-104(64-56-93(94)68-91)119(101-61-53-80-26-10-16-32-88(80)71-101)114-106-40-20-22-42-108(106)116(112-76-96(58-66-110(112)114)92-48-47-77-23-7-13-29-85(77)67-92)120(102-62-54-81-27-11-17-33-89(81)72-102)103-63-55-82-28-12-18-34-90(82)73-103/h1,3-5,7-76H,2,6H2. The van der Waals surface area contributed by atoms with Crippen molar-refractivity contribution in [2.75, 3.05) is 19.6 Å². The minimum Gasteiger partial charge on any atom is -0.310 e. The minimum atomic E-state index is 0.954. The van der Waals surface area contributed by atoms with Crippen LogP contribution in [0.1, 0.15) is 12.8 Å². The van der Waals surface area contributed by atoms with Gasteiger partial charge in [-0.2, -0.15) is 0 Å². The van der Waals surface area contributed by atoms with Crippen LogP contribution in [0.15, 0.2) is 455 Å². The molecule has 0 N–H and O–H groups in total. The van der Waals surface area contributed by atoms with Gasteiger partial charge in [0.05, 0.1) is 22.7 Å². The smallest absolute Gasteiger partial charge is 0.0620 e. The lowest BCUT2D eigenvalue weighted by Crippen LogP contribution is -2.18. The molecule has 0 saturated carbocycles. The van der Waals surface area contributed by atoms with Gasteiger partial charge in [0.15, 0.2) is 0 Å². The summed E-state index contributed by atoms with van der Waals surface area (Å²) in [5.41, 5.74) is 20.1. The predicted octanol–water partition coefficient (Wildman–Crippen LogP) is 33.2. The van der Waals surface area contributed by atoms with Gasteiger partial charge in [-0.05, 0) is 237 Å². The van der Waals surface area contributed by atoms with E-state index in [0.29, 0.717) is 0 Å². The van der Waals surface area contributed by atoms with Gasteiger partial charge < -0.3 is 19.6 Å². The maximum Gasteiger partial charge on any atom is 0.0620 e. The van der Waals surface area contributed by atoms with Gasteiger partial charge in [-0.15, -0.1) is 0 Å². The first-order chi connectivity index (χ1) is 59.5. The Morgan fingerprint density at radius 1 is 0.150 bits per heavy atom. The van der Waals surface area contributed by atoms with Crippen molar-refractivity contribution in [1.82, 2.24) is 0 Å². The number of hydrogen-bond donors (Lipinski definition) is 0. The first-order valence-corrected chi connectivity index (χ1v) is 41.6. The van der Waals surface area contributed by atoms with Crippen molar-refractivity contribution in [2.24, 2.45) is 0 Å². The van der Waals surface area contributed by atoms with Crippen LogP contribution in [-0.2, 0) is 0 Å². The molecular weight excluding hydrogens is 1450 g/mol. The number of nitrogens with zero attached hydrogens (tertiary/aromatic N) is 4. The van der Waals surface area contributed by atoms with E-state index in [0.717, 1.165) is 168 Å². The quantitative estimate of drug-likeness (QED) is 0.0749. The Bertz CT molecular complexity index is 7870. The molecule has 0 heterocycles. The van der Waals surface area contributed by atoms with E-state index in [2.05, 4.69) is 469 Å². The second-order valence-electron chi connectivity index (χ2n) is 31.8. The zero-order valence-corrected chi connectivity index (χ0v) is 65.9. The number of rotatable bonds is 15. The van der Waals surface area contributed by atoms with Gasteiger partial charge in [-0.3, -0.25) is 0 Å². The summed E-state index contributed by atoms with van der Waals surface area (Å²) in [5, 5.41) is 25.8. The lowest BCUT2D eigenvalue weighted by Gasteiger charge is -2.34. The molecule has 0 atom stereocenters. The van der Waals surface area contributed by atoms with E-state index < -0.39 is 0 Å². The highest BCUT2D eigenvalue weighted by atomic mass is 15.2. The highest BCUT2D eigenvalue weighted by Gasteiger charge is 2.30. The van der Waals surface area contributed by atoms with Gasteiger partial charge in [0.2, 0.25) is 0 Å². The SMILES string of the molecule is C1=CC(N(c2ccc3ccccc3c2)c2c3ccccc3c(N(c3ccccc3)c3ccc4ccccc4c3)c3ccc(-c4ccc(-c5ccc6cc(N(c7ccc8ccccc8c7)c7c8ccccc8c(N(c8ccc9ccccc9c8)c8ccc9ccccc9c8)c8cc(-c9ccc%10ccccc%10c9)ccc78)ccc6c5)cc4)cc23)=CCC1. The molecule has 4 heteroatoms. The Morgan fingerprint density at radius 2 is 0.392 bits per heavy atom. The maximum absolute atomic E-state index is 2.54. The molecule has 0 aromatic heterocycles. The summed E-state index contributed by atoms with van der Waals surface area (Å²) in [5.74, 6) is 0. The van der Waals surface area contributed by atoms with Crippen LogP contribution >= 0.6 is 0 Å². The highest BCUT2D eigenvalue weighted by Crippen LogP contribution is 2.56. The monoisotopic (exact) mass is 1530 g/mol. The number of benzene rings is 22. The lowest BCUT2D eigenvalue weighted by molar-refractivity contribution is 0.999. The third kappa shape index (κ3) is 12.3. The van der Waals surface area contributed by atoms with Crippen LogP contribution in [0.2, 0.25) is 0 Å². The van der Waals surface area contributed by atoms with Crippen LogP contribution in [0.3, 0.4) is 0 Å². The summed E-state index contributed by atoms with van der Waals surface area (Å²) in [4.78, 5) is 10.1. The van der Waals surface area contributed by atoms with E-state index in [-0.39, 0.29) is 0 Å². The molecule has 0 fully saturated rings. The number of hydrogen-bond acceptors (Lipinski definition) is 4. The fourth-order valence-corrected chi connectivity index (χ4v) is 18.9. The van der Waals surface area contributed by atoms with Gasteiger partial charge in [0.1, 0.15) is 0 Å². The molecule has 1 aliphatic carbocycles. The molecule has 0 spiro atoms. The van der Waals surface area contributed by atoms with Gasteiger partial charge in [-0.1, -0.05) is 334 Å². The zero-order valence-electron chi connectivity index (χ0n) is 65.9. The van der Waals surface area contributed by atoms with Crippen LogP contribution in [-0.4, -0.2) is 0 Å². The molecule has 0 saturated heterocycles. The highest BCUT2D eigenvalue weighted by molar-refractivity contribution is 6.26. The summed E-state index contributed by atoms with van der Waals surface area (Å²) >= 11 is 0.